The van der Waals surface area contributed by atoms with Crippen molar-refractivity contribution in [2.24, 2.45) is 5.92 Å². The van der Waals surface area contributed by atoms with Gasteiger partial charge in [-0.25, -0.2) is 0 Å². The van der Waals surface area contributed by atoms with Crippen LogP contribution in [0.1, 0.15) is 43.7 Å². The molecule has 1 aromatic rings. The highest BCUT2D eigenvalue weighted by Gasteiger charge is 2.34. The molecule has 0 bridgehead atoms. The number of carbonyl (C=O) groups is 2. The van der Waals surface area contributed by atoms with Crippen LogP contribution in [0.3, 0.4) is 0 Å². The number of hydrogen-bond acceptors (Lipinski definition) is 2. The van der Waals surface area contributed by atoms with E-state index in [0.717, 1.165) is 38.6 Å². The average molecular weight is 285 g/mol. The molecule has 3 nitrogen and oxygen atoms in total. The van der Waals surface area contributed by atoms with E-state index in [4.69, 9.17) is 0 Å². The zero-order chi connectivity index (χ0) is 14.8. The molecule has 2 aliphatic rings. The lowest BCUT2D eigenvalue weighted by atomic mass is 9.94. The third-order valence-electron chi connectivity index (χ3n) is 4.83. The predicted molar refractivity (Wildman–Crippen MR) is 82.0 cm³/mol. The number of hydrogen-bond donors (Lipinski definition) is 0. The molecule has 1 saturated heterocycles. The molecular weight excluding hydrogens is 262 g/mol. The number of Topliss-reactive ketones (excluding diaryl/α,β-unsaturated/α-hetero) is 1. The van der Waals surface area contributed by atoms with E-state index < -0.39 is 0 Å². The summed E-state index contributed by atoms with van der Waals surface area (Å²) in [7, 11) is 0. The molecule has 3 heteroatoms. The minimum absolute atomic E-state index is 0.0787. The molecular formula is C18H23NO2. The number of rotatable bonds is 3. The summed E-state index contributed by atoms with van der Waals surface area (Å²) in [4.78, 5) is 26.3. The normalized spacial score (nSPS) is 22.1. The Morgan fingerprint density at radius 2 is 1.81 bits per heavy atom. The van der Waals surface area contributed by atoms with Gasteiger partial charge in [0.05, 0.1) is 0 Å². The minimum atomic E-state index is 0.0787. The van der Waals surface area contributed by atoms with Crippen molar-refractivity contribution >= 4 is 11.7 Å². The van der Waals surface area contributed by atoms with E-state index in [-0.39, 0.29) is 23.7 Å². The summed E-state index contributed by atoms with van der Waals surface area (Å²) in [6, 6.07) is 8.49. The molecule has 1 fully saturated rings. The molecule has 1 unspecified atom stereocenters. The van der Waals surface area contributed by atoms with Crippen LogP contribution in [0, 0.1) is 5.92 Å². The number of carbonyl (C=O) groups excluding carboxylic acids is 2. The monoisotopic (exact) mass is 285 g/mol. The number of fused-ring (bicyclic) bond motifs is 1. The van der Waals surface area contributed by atoms with E-state index in [0.29, 0.717) is 6.42 Å². The first kappa shape index (κ1) is 14.3. The highest BCUT2D eigenvalue weighted by Crippen LogP contribution is 2.30. The summed E-state index contributed by atoms with van der Waals surface area (Å²) in [5.41, 5.74) is 2.63. The molecule has 21 heavy (non-hydrogen) atoms. The lowest BCUT2D eigenvalue weighted by molar-refractivity contribution is -0.139. The first-order chi connectivity index (χ1) is 10.1. The highest BCUT2D eigenvalue weighted by molar-refractivity contribution is 5.82. The van der Waals surface area contributed by atoms with E-state index >= 15 is 0 Å². The van der Waals surface area contributed by atoms with E-state index in [1.807, 2.05) is 17.0 Å². The van der Waals surface area contributed by atoms with E-state index in [1.54, 1.807) is 6.92 Å². The molecule has 112 valence electrons. The summed E-state index contributed by atoms with van der Waals surface area (Å²) in [6.45, 7) is 2.45. The lowest BCUT2D eigenvalue weighted by Gasteiger charge is -2.37. The van der Waals surface area contributed by atoms with Gasteiger partial charge in [-0.3, -0.25) is 9.59 Å². The second-order valence-corrected chi connectivity index (χ2v) is 6.46. The lowest BCUT2D eigenvalue weighted by Crippen LogP contribution is -2.47. The third-order valence-corrected chi connectivity index (χ3v) is 4.83. The van der Waals surface area contributed by atoms with Crippen LogP contribution in [0.25, 0.3) is 0 Å². The van der Waals surface area contributed by atoms with Crippen molar-refractivity contribution in [2.75, 3.05) is 6.54 Å². The summed E-state index contributed by atoms with van der Waals surface area (Å²) < 4.78 is 0. The number of piperidine rings is 1. The Morgan fingerprint density at radius 1 is 1.14 bits per heavy atom. The first-order valence-corrected chi connectivity index (χ1v) is 8.02. The smallest absolute Gasteiger partial charge is 0.226 e. The molecule has 1 amide bonds. The van der Waals surface area contributed by atoms with Crippen LogP contribution < -0.4 is 0 Å². The Hall–Kier alpha value is -1.64. The molecule has 0 N–H and O–H groups in total. The standard InChI is InChI=1S/C18H23NO2/c1-13(20)10-17-8-4-5-9-19(17)18(21)16-11-14-6-2-3-7-15(14)12-16/h2-3,6-7,16-17H,4-5,8-12H2,1H3. The Bertz CT molecular complexity index is 527. The fraction of sp³-hybridized carbons (Fsp3) is 0.556. The molecule has 1 aliphatic carbocycles. The molecule has 0 spiro atoms. The van der Waals surface area contributed by atoms with Crippen molar-refractivity contribution in [1.82, 2.24) is 4.90 Å². The van der Waals surface area contributed by atoms with Crippen molar-refractivity contribution < 1.29 is 9.59 Å². The number of benzene rings is 1. The number of ketones is 1. The molecule has 1 atom stereocenters. The minimum Gasteiger partial charge on any atom is -0.339 e. The summed E-state index contributed by atoms with van der Waals surface area (Å²) in [5, 5.41) is 0. The molecule has 1 aliphatic heterocycles. The van der Waals surface area contributed by atoms with Gasteiger partial charge in [0, 0.05) is 24.9 Å². The first-order valence-electron chi connectivity index (χ1n) is 8.02. The van der Waals surface area contributed by atoms with Crippen molar-refractivity contribution in [3.8, 4) is 0 Å². The molecule has 0 radical (unpaired) electrons. The maximum atomic E-state index is 12.9. The predicted octanol–water partition coefficient (Wildman–Crippen LogP) is 2.76. The molecule has 0 aromatic heterocycles. The molecule has 1 heterocycles. The highest BCUT2D eigenvalue weighted by atomic mass is 16.2. The zero-order valence-electron chi connectivity index (χ0n) is 12.7. The van der Waals surface area contributed by atoms with Gasteiger partial charge < -0.3 is 4.90 Å². The largest absolute Gasteiger partial charge is 0.339 e. The maximum Gasteiger partial charge on any atom is 0.226 e. The summed E-state index contributed by atoms with van der Waals surface area (Å²) in [5.74, 6) is 0.529. The topological polar surface area (TPSA) is 37.4 Å². The fourth-order valence-electron chi connectivity index (χ4n) is 3.80. The van der Waals surface area contributed by atoms with Crippen LogP contribution in [0.4, 0.5) is 0 Å². The van der Waals surface area contributed by atoms with Gasteiger partial charge in [0.25, 0.3) is 0 Å². The van der Waals surface area contributed by atoms with Crippen LogP contribution in [0.15, 0.2) is 24.3 Å². The Morgan fingerprint density at radius 3 is 2.43 bits per heavy atom. The quantitative estimate of drug-likeness (QED) is 0.856. The Balaban J connectivity index is 1.71. The van der Waals surface area contributed by atoms with Gasteiger partial charge in [-0.05, 0) is 50.2 Å². The van der Waals surface area contributed by atoms with Crippen LogP contribution >= 0.6 is 0 Å². The Labute approximate surface area is 126 Å². The SMILES string of the molecule is CC(=O)CC1CCCCN1C(=O)C1Cc2ccccc2C1. The van der Waals surface area contributed by atoms with Crippen molar-refractivity contribution in [2.45, 2.75) is 51.5 Å². The van der Waals surface area contributed by atoms with Crippen LogP contribution in [-0.4, -0.2) is 29.2 Å². The van der Waals surface area contributed by atoms with E-state index in [9.17, 15) is 9.59 Å². The van der Waals surface area contributed by atoms with Crippen LogP contribution in [0.5, 0.6) is 0 Å². The van der Waals surface area contributed by atoms with Gasteiger partial charge in [-0.1, -0.05) is 24.3 Å². The second kappa shape index (κ2) is 6.00. The number of amides is 1. The molecule has 3 rings (SSSR count). The number of nitrogens with zero attached hydrogens (tertiary/aromatic N) is 1. The van der Waals surface area contributed by atoms with Crippen molar-refractivity contribution in [3.05, 3.63) is 35.4 Å². The molecule has 0 saturated carbocycles. The summed E-state index contributed by atoms with van der Waals surface area (Å²) >= 11 is 0. The Kier molecular flexibility index (Phi) is 4.09. The van der Waals surface area contributed by atoms with Gasteiger partial charge in [0.1, 0.15) is 5.78 Å². The zero-order valence-corrected chi connectivity index (χ0v) is 12.7. The van der Waals surface area contributed by atoms with E-state index in [2.05, 4.69) is 12.1 Å². The van der Waals surface area contributed by atoms with Gasteiger partial charge in [0.15, 0.2) is 0 Å². The van der Waals surface area contributed by atoms with Crippen LogP contribution in [0.2, 0.25) is 0 Å². The van der Waals surface area contributed by atoms with Crippen molar-refractivity contribution in [1.29, 1.82) is 0 Å². The molecule has 1 aromatic carbocycles. The van der Waals surface area contributed by atoms with E-state index in [1.165, 1.54) is 11.1 Å². The second-order valence-electron chi connectivity index (χ2n) is 6.46. The maximum absolute atomic E-state index is 12.9. The van der Waals surface area contributed by atoms with Gasteiger partial charge >= 0.3 is 0 Å². The third kappa shape index (κ3) is 3.02. The van der Waals surface area contributed by atoms with Gasteiger partial charge in [0.2, 0.25) is 5.91 Å². The van der Waals surface area contributed by atoms with Gasteiger partial charge in [-0.15, -0.1) is 0 Å². The number of likely N-dealkylation sites (tertiary alicyclic amines) is 1. The summed E-state index contributed by atoms with van der Waals surface area (Å²) in [6.07, 6.45) is 5.42. The van der Waals surface area contributed by atoms with Crippen molar-refractivity contribution in [3.63, 3.8) is 0 Å². The fourth-order valence-corrected chi connectivity index (χ4v) is 3.80. The van der Waals surface area contributed by atoms with Gasteiger partial charge in [-0.2, -0.15) is 0 Å². The van der Waals surface area contributed by atoms with Crippen LogP contribution in [-0.2, 0) is 22.4 Å². The average Bonchev–Trinajstić information content (AvgIpc) is 2.90.